The van der Waals surface area contributed by atoms with Crippen LogP contribution in [0.2, 0.25) is 0 Å². The molecule has 1 rings (SSSR count). The first-order chi connectivity index (χ1) is 41.5. The van der Waals surface area contributed by atoms with E-state index in [1.807, 2.05) is 41.5 Å². The summed E-state index contributed by atoms with van der Waals surface area (Å²) in [5.41, 5.74) is 1.63. The number of rotatable bonds is 36. The normalized spacial score (nSPS) is 15.4. The zero-order valence-electron chi connectivity index (χ0n) is 56.5. The van der Waals surface area contributed by atoms with Gasteiger partial charge >= 0.3 is 47.8 Å². The molecular formula is C66H111NO22. The summed E-state index contributed by atoms with van der Waals surface area (Å²) in [7, 11) is 0. The zero-order chi connectivity index (χ0) is 69.8. The Balaban J connectivity index is -0.000000323. The first-order valence-corrected chi connectivity index (χ1v) is 30.4. The van der Waals surface area contributed by atoms with Gasteiger partial charge < -0.3 is 62.9 Å². The molecule has 0 spiro atoms. The quantitative estimate of drug-likeness (QED) is 0.0131. The van der Waals surface area contributed by atoms with Crippen molar-refractivity contribution in [2.75, 3.05) is 26.4 Å². The SMILES string of the molecule is C=C(C)C(=O)NCC1OC(C)CC(CC)O1.C=C(C)C(=O)OC(C)CC.C=C(C)C(=O)OCC(O)COC(=O)CCC(=O)OC(C)CC.C=C(C)C(=O)OCCCCCCC(C)CC.C=C(CC(=O)O)C(=O)OC(C)CC.C=C(OC=O)C(=O)OC(C)CC. The highest BCUT2D eigenvalue weighted by Gasteiger charge is 2.27. The lowest BCUT2D eigenvalue weighted by molar-refractivity contribution is -0.235. The predicted octanol–water partition coefficient (Wildman–Crippen LogP) is 11.1. The molecular weight excluding hydrogens is 1160 g/mol. The van der Waals surface area contributed by atoms with Gasteiger partial charge in [0.15, 0.2) is 6.29 Å². The topological polar surface area (TPSA) is 315 Å². The Kier molecular flexibility index (Phi) is 57.4. The summed E-state index contributed by atoms with van der Waals surface area (Å²) in [5, 5.41) is 20.6. The van der Waals surface area contributed by atoms with Crippen molar-refractivity contribution in [3.8, 4) is 0 Å². The number of unbranched alkanes of at least 4 members (excludes halogenated alkanes) is 3. The Hall–Kier alpha value is -6.98. The van der Waals surface area contributed by atoms with Gasteiger partial charge in [0, 0.05) is 27.9 Å². The third-order valence-electron chi connectivity index (χ3n) is 12.2. The molecule has 0 aromatic heterocycles. The van der Waals surface area contributed by atoms with Gasteiger partial charge in [-0.05, 0) is 120 Å². The third-order valence-corrected chi connectivity index (χ3v) is 12.2. The molecule has 3 N–H and O–H groups in total. The number of carboxylic acids is 1. The van der Waals surface area contributed by atoms with Crippen molar-refractivity contribution >= 4 is 60.1 Å². The van der Waals surface area contributed by atoms with Crippen molar-refractivity contribution in [2.45, 2.75) is 256 Å². The number of aliphatic hydroxyl groups is 1. The van der Waals surface area contributed by atoms with Crippen molar-refractivity contribution in [1.29, 1.82) is 0 Å². The molecule has 23 nitrogen and oxygen atoms in total. The van der Waals surface area contributed by atoms with E-state index in [1.54, 1.807) is 41.5 Å². The maximum absolute atomic E-state index is 11.4. The van der Waals surface area contributed by atoms with Gasteiger partial charge in [0.25, 0.3) is 6.47 Å². The second-order valence-electron chi connectivity index (χ2n) is 21.3. The molecule has 0 bridgehead atoms. The summed E-state index contributed by atoms with van der Waals surface area (Å²) in [5.74, 6) is -4.29. The van der Waals surface area contributed by atoms with E-state index in [0.717, 1.165) is 38.0 Å². The zero-order valence-corrected chi connectivity index (χ0v) is 56.5. The lowest BCUT2D eigenvalue weighted by Crippen LogP contribution is -2.43. The molecule has 89 heavy (non-hydrogen) atoms. The van der Waals surface area contributed by atoms with E-state index in [9.17, 15) is 53.1 Å². The molecule has 1 heterocycles. The molecule has 9 atom stereocenters. The standard InChI is InChI=1S/C15H24O7.C14H26O2.C12H21NO3.C9H14O4.C8H12O4.C8H14O2/c1-5-11(4)22-14(18)7-6-13(17)20-8-12(16)9-21-15(19)10(2)3;1-5-13(4)10-8-6-7-9-11-16-14(15)12(2)3;1-5-10-6-9(4)15-11(16-10)7-13-12(14)8(2)3;1-4-7(3)13-9(12)6(2)5-8(10)11;1-4-6(2)12-8(10)7(3)11-5-9;1-5-7(4)10-8(9)6(2)3/h11-12,16H,2,5-9H2,1,3-4H3;13H,2,5-11H2,1,3-4H3;9-11H,2,5-7H2,1,3-4H3,(H,13,14);7H,2,4-5H2,1,3H3,(H,10,11);5-6H,3-4H2,1-2H3;7H,2,5H2,1,3-4H3. The molecule has 1 amide bonds. The first-order valence-electron chi connectivity index (χ1n) is 30.4. The number of aliphatic carboxylic acids is 1. The number of nitrogens with one attached hydrogen (secondary N) is 1. The van der Waals surface area contributed by atoms with Gasteiger partial charge in [-0.15, -0.1) is 0 Å². The number of carbonyl (C=O) groups is 10. The van der Waals surface area contributed by atoms with Crippen molar-refractivity contribution in [3.05, 3.63) is 73.1 Å². The van der Waals surface area contributed by atoms with Crippen LogP contribution in [-0.2, 0) is 95.3 Å². The summed E-state index contributed by atoms with van der Waals surface area (Å²) < 4.78 is 49.5. The minimum Gasteiger partial charge on any atom is -0.481 e. The van der Waals surface area contributed by atoms with Crippen LogP contribution in [0.15, 0.2) is 73.1 Å². The second kappa shape index (κ2) is 56.3. The maximum Gasteiger partial charge on any atom is 0.373 e. The van der Waals surface area contributed by atoms with E-state index in [0.29, 0.717) is 49.1 Å². The molecule has 1 fully saturated rings. The van der Waals surface area contributed by atoms with E-state index in [1.165, 1.54) is 32.6 Å². The molecule has 0 radical (unpaired) electrons. The largest absolute Gasteiger partial charge is 0.481 e. The fourth-order valence-electron chi connectivity index (χ4n) is 5.70. The fraction of sp³-hybridized carbons (Fsp3) is 0.667. The minimum atomic E-state index is -1.13. The van der Waals surface area contributed by atoms with E-state index >= 15 is 0 Å². The molecule has 9 unspecified atom stereocenters. The highest BCUT2D eigenvalue weighted by atomic mass is 16.7. The molecule has 0 saturated carbocycles. The monoisotopic (exact) mass is 1270 g/mol. The van der Waals surface area contributed by atoms with Crippen LogP contribution in [0.1, 0.15) is 207 Å². The lowest BCUT2D eigenvalue weighted by Gasteiger charge is -2.33. The number of hydrogen-bond acceptors (Lipinski definition) is 21. The van der Waals surface area contributed by atoms with Crippen molar-refractivity contribution in [2.24, 2.45) is 5.92 Å². The first kappa shape index (κ1) is 90.8. The van der Waals surface area contributed by atoms with Crippen molar-refractivity contribution < 1.29 is 106 Å². The number of esters is 7. The Labute approximate surface area is 530 Å². The van der Waals surface area contributed by atoms with Gasteiger partial charge in [0.1, 0.15) is 19.3 Å². The number of amides is 1. The summed E-state index contributed by atoms with van der Waals surface area (Å²) >= 11 is 0. The lowest BCUT2D eigenvalue weighted by atomic mass is 10.0. The van der Waals surface area contributed by atoms with Gasteiger partial charge in [-0.1, -0.05) is 113 Å². The van der Waals surface area contributed by atoms with Crippen LogP contribution in [-0.4, -0.2) is 146 Å². The molecule has 23 heteroatoms. The van der Waals surface area contributed by atoms with Gasteiger partial charge in [-0.3, -0.25) is 24.0 Å². The van der Waals surface area contributed by atoms with Gasteiger partial charge in [0.2, 0.25) is 11.7 Å². The summed E-state index contributed by atoms with van der Waals surface area (Å²) in [6.45, 7) is 50.8. The average Bonchev–Trinajstić information content (AvgIpc) is 3.07. The van der Waals surface area contributed by atoms with E-state index in [-0.39, 0.29) is 117 Å². The molecule has 1 aliphatic heterocycles. The maximum atomic E-state index is 11.4. The van der Waals surface area contributed by atoms with Crippen LogP contribution in [0.25, 0.3) is 0 Å². The number of ether oxygens (including phenoxy) is 10. The van der Waals surface area contributed by atoms with E-state index in [4.69, 9.17) is 47.7 Å². The molecule has 1 saturated heterocycles. The van der Waals surface area contributed by atoms with E-state index < -0.39 is 41.9 Å². The van der Waals surface area contributed by atoms with Crippen LogP contribution < -0.4 is 5.32 Å². The molecule has 0 aromatic rings. The molecule has 0 aromatic carbocycles. The highest BCUT2D eigenvalue weighted by molar-refractivity contribution is 5.93. The van der Waals surface area contributed by atoms with Crippen molar-refractivity contribution in [1.82, 2.24) is 5.32 Å². The second-order valence-corrected chi connectivity index (χ2v) is 21.3. The summed E-state index contributed by atoms with van der Waals surface area (Å²) in [4.78, 5) is 109. The molecule has 0 aliphatic carbocycles. The fourth-order valence-corrected chi connectivity index (χ4v) is 5.70. The number of carbonyl (C=O) groups excluding carboxylic acids is 9. The van der Waals surface area contributed by atoms with Crippen LogP contribution in [0.4, 0.5) is 0 Å². The highest BCUT2D eigenvalue weighted by Crippen LogP contribution is 2.20. The van der Waals surface area contributed by atoms with Crippen LogP contribution >= 0.6 is 0 Å². The average molecular weight is 1270 g/mol. The Morgan fingerprint density at radius 1 is 0.573 bits per heavy atom. The molecule has 1 aliphatic rings. The number of carboxylic acid groups (broad SMARTS) is 1. The van der Waals surface area contributed by atoms with Crippen LogP contribution in [0, 0.1) is 5.92 Å². The van der Waals surface area contributed by atoms with E-state index in [2.05, 4.69) is 70.3 Å². The number of hydrogen-bond donors (Lipinski definition) is 3. The Morgan fingerprint density at radius 3 is 1.49 bits per heavy atom. The predicted molar refractivity (Wildman–Crippen MR) is 338 cm³/mol. The molecule has 512 valence electrons. The number of aliphatic hydroxyl groups excluding tert-OH is 1. The smallest absolute Gasteiger partial charge is 0.373 e. The minimum absolute atomic E-state index is 0.00389. The van der Waals surface area contributed by atoms with Gasteiger partial charge in [0.05, 0.1) is 69.0 Å². The van der Waals surface area contributed by atoms with Crippen LogP contribution in [0.5, 0.6) is 0 Å². The third kappa shape index (κ3) is 57.2. The Morgan fingerprint density at radius 2 is 1.03 bits per heavy atom. The van der Waals surface area contributed by atoms with Crippen molar-refractivity contribution in [3.63, 3.8) is 0 Å². The Bertz CT molecular complexity index is 2190. The summed E-state index contributed by atoms with van der Waals surface area (Å²) in [6.07, 6.45) is 9.91. The van der Waals surface area contributed by atoms with Gasteiger partial charge in [-0.25, -0.2) is 24.0 Å². The van der Waals surface area contributed by atoms with Crippen LogP contribution in [0.3, 0.4) is 0 Å². The van der Waals surface area contributed by atoms with Gasteiger partial charge in [-0.2, -0.15) is 0 Å². The summed E-state index contributed by atoms with van der Waals surface area (Å²) in [6, 6.07) is 0.